The molecule has 0 bridgehead atoms. The van der Waals surface area contributed by atoms with Crippen molar-refractivity contribution in [1.29, 1.82) is 0 Å². The normalized spacial score (nSPS) is 14.8. The van der Waals surface area contributed by atoms with Gasteiger partial charge in [-0.05, 0) is 12.3 Å². The summed E-state index contributed by atoms with van der Waals surface area (Å²) in [6.45, 7) is 0.154. The summed E-state index contributed by atoms with van der Waals surface area (Å²) < 4.78 is 8.86. The molecule has 0 aliphatic heterocycles. The lowest BCUT2D eigenvalue weighted by Gasteiger charge is -2.21. The van der Waals surface area contributed by atoms with E-state index in [0.29, 0.717) is 12.3 Å². The molecule has 0 unspecified atom stereocenters. The Morgan fingerprint density at radius 2 is 1.73 bits per heavy atom. The number of rotatable bonds is 8. The number of carbonyl (C=O) groups is 1. The van der Waals surface area contributed by atoms with E-state index >= 15 is 0 Å². The average molecular weight is 386 g/mol. The third kappa shape index (κ3) is 5.13. The smallest absolute Gasteiger partial charge is 0.338 e. The van der Waals surface area contributed by atoms with Gasteiger partial charge in [0.25, 0.3) is 11.4 Å². The van der Waals surface area contributed by atoms with Crippen LogP contribution in [0.3, 0.4) is 0 Å². The lowest BCUT2D eigenvalue weighted by molar-refractivity contribution is -0.399. The Kier molecular flexibility index (Phi) is 7.30. The molecule has 1 aromatic rings. The number of carbonyl (C=O) groups excluding carboxylic acids is 1. The standard InChI is InChI=1S/C15H18N2O8S/c18-15(24-7-6-10-4-2-1-3-5-10)11-8-12(16(19)20)14(26-25-23)13(9-11)17(21)22/h8-10,23H,1-7H2. The number of esters is 1. The van der Waals surface area contributed by atoms with Gasteiger partial charge in [0.05, 0.1) is 34.1 Å². The van der Waals surface area contributed by atoms with Gasteiger partial charge in [0.2, 0.25) is 0 Å². The second kappa shape index (κ2) is 9.46. The third-order valence-corrected chi connectivity index (χ3v) is 4.94. The summed E-state index contributed by atoms with van der Waals surface area (Å²) in [5, 5.41) is 30.8. The minimum Gasteiger partial charge on any atom is -0.462 e. The summed E-state index contributed by atoms with van der Waals surface area (Å²) in [6, 6.07) is 1.74. The van der Waals surface area contributed by atoms with E-state index in [-0.39, 0.29) is 24.2 Å². The van der Waals surface area contributed by atoms with Gasteiger partial charge < -0.3 is 4.74 Å². The Balaban J connectivity index is 2.15. The van der Waals surface area contributed by atoms with Crippen LogP contribution in [0.4, 0.5) is 11.4 Å². The topological polar surface area (TPSA) is 142 Å². The Morgan fingerprint density at radius 3 is 2.23 bits per heavy atom. The van der Waals surface area contributed by atoms with Gasteiger partial charge in [-0.15, -0.1) is 0 Å². The summed E-state index contributed by atoms with van der Waals surface area (Å²) in [5.41, 5.74) is -1.75. The predicted octanol–water partition coefficient (Wildman–Crippen LogP) is 4.13. The first-order valence-electron chi connectivity index (χ1n) is 8.06. The van der Waals surface area contributed by atoms with Gasteiger partial charge in [-0.2, -0.15) is 4.33 Å². The minimum atomic E-state index is -0.896. The Bertz CT molecular complexity index is 655. The zero-order valence-electron chi connectivity index (χ0n) is 13.8. The Labute approximate surface area is 152 Å². The summed E-state index contributed by atoms with van der Waals surface area (Å²) >= 11 is 0.0623. The molecule has 1 aliphatic rings. The van der Waals surface area contributed by atoms with Crippen molar-refractivity contribution in [2.75, 3.05) is 6.61 Å². The molecular formula is C15H18N2O8S. The number of ether oxygens (including phenoxy) is 1. The quantitative estimate of drug-likeness (QED) is 0.229. The molecule has 0 radical (unpaired) electrons. The Hall–Kier alpha value is -2.24. The van der Waals surface area contributed by atoms with Crippen molar-refractivity contribution in [3.8, 4) is 0 Å². The molecule has 2 rings (SSSR count). The highest BCUT2D eigenvalue weighted by Crippen LogP contribution is 2.38. The SMILES string of the molecule is O=C(OCCC1CCCCC1)c1cc([N+](=O)[O-])c(SOO)c([N+](=O)[O-])c1. The van der Waals surface area contributed by atoms with Crippen LogP contribution in [0.1, 0.15) is 48.9 Å². The van der Waals surface area contributed by atoms with Crippen LogP contribution in [0.2, 0.25) is 0 Å². The number of hydrogen-bond donors (Lipinski definition) is 1. The number of benzene rings is 1. The van der Waals surface area contributed by atoms with E-state index in [0.717, 1.165) is 37.8 Å². The summed E-state index contributed by atoms with van der Waals surface area (Å²) in [6.07, 6.45) is 6.39. The van der Waals surface area contributed by atoms with Crippen molar-refractivity contribution < 1.29 is 29.0 Å². The molecule has 1 saturated carbocycles. The monoisotopic (exact) mass is 386 g/mol. The fraction of sp³-hybridized carbons (Fsp3) is 0.533. The molecule has 0 atom stereocenters. The molecule has 11 heteroatoms. The molecule has 1 N–H and O–H groups in total. The first-order valence-corrected chi connectivity index (χ1v) is 8.80. The number of nitro groups is 2. The summed E-state index contributed by atoms with van der Waals surface area (Å²) in [4.78, 5) is 32.1. The van der Waals surface area contributed by atoms with E-state index < -0.39 is 32.1 Å². The van der Waals surface area contributed by atoms with Gasteiger partial charge in [-0.3, -0.25) is 20.2 Å². The minimum absolute atomic E-state index is 0.0623. The molecule has 142 valence electrons. The zero-order chi connectivity index (χ0) is 19.1. The van der Waals surface area contributed by atoms with E-state index in [1.54, 1.807) is 0 Å². The fourth-order valence-corrected chi connectivity index (χ4v) is 3.50. The lowest BCUT2D eigenvalue weighted by atomic mass is 9.87. The third-order valence-electron chi connectivity index (χ3n) is 4.28. The van der Waals surface area contributed by atoms with Crippen LogP contribution in [0.15, 0.2) is 17.0 Å². The van der Waals surface area contributed by atoms with Crippen molar-refractivity contribution in [2.24, 2.45) is 5.92 Å². The molecular weight excluding hydrogens is 368 g/mol. The number of nitrogens with zero attached hydrogens (tertiary/aromatic N) is 2. The highest BCUT2D eigenvalue weighted by atomic mass is 32.2. The lowest BCUT2D eigenvalue weighted by Crippen LogP contribution is -2.13. The average Bonchev–Trinajstić information content (AvgIpc) is 2.62. The molecule has 0 saturated heterocycles. The summed E-state index contributed by atoms with van der Waals surface area (Å²) in [7, 11) is 0. The molecule has 0 spiro atoms. The van der Waals surface area contributed by atoms with Gasteiger partial charge in [-0.1, -0.05) is 32.1 Å². The van der Waals surface area contributed by atoms with Crippen molar-refractivity contribution >= 4 is 29.4 Å². The van der Waals surface area contributed by atoms with Crippen LogP contribution in [0, 0.1) is 26.1 Å². The molecule has 1 aromatic carbocycles. The van der Waals surface area contributed by atoms with Gasteiger partial charge in [0, 0.05) is 12.1 Å². The first-order chi connectivity index (χ1) is 12.4. The first kappa shape index (κ1) is 20.1. The maximum Gasteiger partial charge on any atom is 0.338 e. The predicted molar refractivity (Wildman–Crippen MR) is 90.8 cm³/mol. The number of nitro benzene ring substituents is 2. The molecule has 0 aromatic heterocycles. The fourth-order valence-electron chi connectivity index (χ4n) is 2.99. The molecule has 1 aliphatic carbocycles. The van der Waals surface area contributed by atoms with Crippen LogP contribution >= 0.6 is 12.0 Å². The second-order valence-corrected chi connectivity index (χ2v) is 6.67. The van der Waals surface area contributed by atoms with Gasteiger partial charge in [-0.25, -0.2) is 10.1 Å². The largest absolute Gasteiger partial charge is 0.462 e. The molecule has 10 nitrogen and oxygen atoms in total. The molecule has 1 fully saturated rings. The van der Waals surface area contributed by atoms with Crippen molar-refractivity contribution in [3.63, 3.8) is 0 Å². The highest BCUT2D eigenvalue weighted by Gasteiger charge is 2.30. The number of hydrogen-bond acceptors (Lipinski definition) is 9. The van der Waals surface area contributed by atoms with E-state index in [9.17, 15) is 25.0 Å². The maximum absolute atomic E-state index is 12.2. The van der Waals surface area contributed by atoms with E-state index in [2.05, 4.69) is 4.33 Å². The molecule has 0 amide bonds. The van der Waals surface area contributed by atoms with Crippen LogP contribution < -0.4 is 0 Å². The van der Waals surface area contributed by atoms with E-state index in [1.165, 1.54) is 6.42 Å². The zero-order valence-corrected chi connectivity index (χ0v) is 14.6. The molecule has 26 heavy (non-hydrogen) atoms. The van der Waals surface area contributed by atoms with E-state index in [1.807, 2.05) is 0 Å². The van der Waals surface area contributed by atoms with Gasteiger partial charge >= 0.3 is 5.97 Å². The summed E-state index contributed by atoms with van der Waals surface area (Å²) in [5.74, 6) is -0.380. The van der Waals surface area contributed by atoms with Crippen molar-refractivity contribution in [1.82, 2.24) is 0 Å². The van der Waals surface area contributed by atoms with E-state index in [4.69, 9.17) is 9.99 Å². The maximum atomic E-state index is 12.2. The van der Waals surface area contributed by atoms with Gasteiger partial charge in [0.1, 0.15) is 0 Å². The van der Waals surface area contributed by atoms with Crippen LogP contribution in [-0.4, -0.2) is 27.7 Å². The van der Waals surface area contributed by atoms with Gasteiger partial charge in [0.15, 0.2) is 4.90 Å². The van der Waals surface area contributed by atoms with Crippen molar-refractivity contribution in [3.05, 3.63) is 37.9 Å². The van der Waals surface area contributed by atoms with Crippen LogP contribution in [0.25, 0.3) is 0 Å². The van der Waals surface area contributed by atoms with Crippen LogP contribution in [-0.2, 0) is 9.07 Å². The van der Waals surface area contributed by atoms with Crippen LogP contribution in [0.5, 0.6) is 0 Å². The second-order valence-electron chi connectivity index (χ2n) is 5.94. The molecule has 0 heterocycles. The van der Waals surface area contributed by atoms with Crippen molar-refractivity contribution in [2.45, 2.75) is 43.4 Å². The highest BCUT2D eigenvalue weighted by molar-refractivity contribution is 7.94. The Morgan fingerprint density at radius 1 is 1.15 bits per heavy atom.